The second-order valence-corrected chi connectivity index (χ2v) is 7.46. The smallest absolute Gasteiger partial charge is 0.319 e. The van der Waals surface area contributed by atoms with Gasteiger partial charge in [0.05, 0.1) is 19.9 Å². The molecular weight excluding hydrogens is 366 g/mol. The second kappa shape index (κ2) is 7.48. The summed E-state index contributed by atoms with van der Waals surface area (Å²) >= 11 is 1.38. The zero-order chi connectivity index (χ0) is 18.8. The van der Waals surface area contributed by atoms with Crippen molar-refractivity contribution >= 4 is 17.7 Å². The SMILES string of the molecule is COc1cccc(-c2nnc(S[C@@H]3C[C@H](C)OC3=O)n2Cc2ccco2)c1. The van der Waals surface area contributed by atoms with Crippen molar-refractivity contribution in [3.8, 4) is 17.1 Å². The first-order valence-electron chi connectivity index (χ1n) is 8.61. The van der Waals surface area contributed by atoms with Crippen molar-refractivity contribution in [3.05, 3.63) is 48.4 Å². The summed E-state index contributed by atoms with van der Waals surface area (Å²) in [6.07, 6.45) is 2.22. The van der Waals surface area contributed by atoms with Crippen LogP contribution in [0.1, 0.15) is 19.1 Å². The number of furan rings is 1. The summed E-state index contributed by atoms with van der Waals surface area (Å²) < 4.78 is 18.0. The van der Waals surface area contributed by atoms with Crippen LogP contribution in [0.2, 0.25) is 0 Å². The predicted octanol–water partition coefficient (Wildman–Crippen LogP) is 3.39. The summed E-state index contributed by atoms with van der Waals surface area (Å²) in [5.74, 6) is 2.00. The molecule has 7 nitrogen and oxygen atoms in total. The Hall–Kier alpha value is -2.74. The first kappa shape index (κ1) is 17.7. The number of thioether (sulfide) groups is 1. The highest BCUT2D eigenvalue weighted by atomic mass is 32.2. The molecule has 1 aliphatic rings. The molecule has 0 aliphatic carbocycles. The van der Waals surface area contributed by atoms with Gasteiger partial charge in [0.15, 0.2) is 11.0 Å². The molecule has 2 atom stereocenters. The van der Waals surface area contributed by atoms with Crippen LogP contribution in [0.25, 0.3) is 11.4 Å². The molecule has 1 aliphatic heterocycles. The van der Waals surface area contributed by atoms with E-state index in [2.05, 4.69) is 10.2 Å². The number of nitrogens with zero attached hydrogens (tertiary/aromatic N) is 3. The molecule has 4 rings (SSSR count). The number of methoxy groups -OCH3 is 1. The van der Waals surface area contributed by atoms with Crippen molar-refractivity contribution < 1.29 is 18.7 Å². The van der Waals surface area contributed by atoms with E-state index < -0.39 is 0 Å². The lowest BCUT2D eigenvalue weighted by Gasteiger charge is -2.11. The number of carbonyl (C=O) groups is 1. The molecule has 0 radical (unpaired) electrons. The quantitative estimate of drug-likeness (QED) is 0.602. The predicted molar refractivity (Wildman–Crippen MR) is 99.6 cm³/mol. The Morgan fingerprint density at radius 2 is 2.19 bits per heavy atom. The number of aromatic nitrogens is 3. The van der Waals surface area contributed by atoms with Crippen LogP contribution < -0.4 is 4.74 Å². The fraction of sp³-hybridized carbons (Fsp3) is 0.316. The van der Waals surface area contributed by atoms with E-state index in [0.29, 0.717) is 23.9 Å². The van der Waals surface area contributed by atoms with Crippen LogP contribution in [0.3, 0.4) is 0 Å². The lowest BCUT2D eigenvalue weighted by molar-refractivity contribution is -0.140. The molecule has 1 fully saturated rings. The van der Waals surface area contributed by atoms with E-state index in [-0.39, 0.29) is 17.3 Å². The summed E-state index contributed by atoms with van der Waals surface area (Å²) in [5, 5.41) is 9.08. The maximum Gasteiger partial charge on any atom is 0.319 e. The largest absolute Gasteiger partial charge is 0.497 e. The summed E-state index contributed by atoms with van der Waals surface area (Å²) in [6, 6.07) is 11.4. The summed E-state index contributed by atoms with van der Waals surface area (Å²) in [5.41, 5.74) is 0.877. The van der Waals surface area contributed by atoms with Gasteiger partial charge in [-0.1, -0.05) is 23.9 Å². The van der Waals surface area contributed by atoms with Crippen LogP contribution in [0.4, 0.5) is 0 Å². The normalized spacial score (nSPS) is 19.3. The van der Waals surface area contributed by atoms with Crippen molar-refractivity contribution in [1.29, 1.82) is 0 Å². The van der Waals surface area contributed by atoms with Crippen LogP contribution in [-0.2, 0) is 16.1 Å². The molecule has 0 saturated carbocycles. The lowest BCUT2D eigenvalue weighted by Crippen LogP contribution is -2.12. The zero-order valence-corrected chi connectivity index (χ0v) is 15.8. The van der Waals surface area contributed by atoms with Gasteiger partial charge in [0, 0.05) is 12.0 Å². The number of benzene rings is 1. The molecule has 140 valence electrons. The minimum Gasteiger partial charge on any atom is -0.497 e. The zero-order valence-electron chi connectivity index (χ0n) is 15.0. The molecule has 0 bridgehead atoms. The maximum absolute atomic E-state index is 12.0. The first-order chi connectivity index (χ1) is 13.1. The van der Waals surface area contributed by atoms with Crippen molar-refractivity contribution in [3.63, 3.8) is 0 Å². The summed E-state index contributed by atoms with van der Waals surface area (Å²) in [7, 11) is 1.63. The van der Waals surface area contributed by atoms with Gasteiger partial charge in [0.1, 0.15) is 22.9 Å². The first-order valence-corrected chi connectivity index (χ1v) is 9.49. The second-order valence-electron chi connectivity index (χ2n) is 6.29. The van der Waals surface area contributed by atoms with Crippen molar-refractivity contribution in [2.24, 2.45) is 0 Å². The highest BCUT2D eigenvalue weighted by Gasteiger charge is 2.34. The van der Waals surface area contributed by atoms with Crippen LogP contribution in [0, 0.1) is 0 Å². The number of carbonyl (C=O) groups excluding carboxylic acids is 1. The van der Waals surface area contributed by atoms with Crippen LogP contribution in [-0.4, -0.2) is 39.2 Å². The van der Waals surface area contributed by atoms with Gasteiger partial charge in [0.25, 0.3) is 0 Å². The fourth-order valence-corrected chi connectivity index (χ4v) is 4.14. The average Bonchev–Trinajstić information content (AvgIpc) is 3.38. The van der Waals surface area contributed by atoms with Gasteiger partial charge in [-0.2, -0.15) is 0 Å². The Balaban J connectivity index is 1.70. The molecular formula is C19H19N3O4S. The minimum absolute atomic E-state index is 0.0747. The van der Waals surface area contributed by atoms with E-state index in [4.69, 9.17) is 13.9 Å². The molecule has 0 spiro atoms. The molecule has 27 heavy (non-hydrogen) atoms. The highest BCUT2D eigenvalue weighted by molar-refractivity contribution is 8.00. The monoisotopic (exact) mass is 385 g/mol. The number of esters is 1. The third-order valence-electron chi connectivity index (χ3n) is 4.31. The van der Waals surface area contributed by atoms with Crippen LogP contribution in [0.15, 0.2) is 52.2 Å². The Morgan fingerprint density at radius 1 is 1.30 bits per heavy atom. The number of hydrogen-bond donors (Lipinski definition) is 0. The van der Waals surface area contributed by atoms with Gasteiger partial charge >= 0.3 is 5.97 Å². The molecule has 8 heteroatoms. The lowest BCUT2D eigenvalue weighted by atomic mass is 10.2. The fourth-order valence-electron chi connectivity index (χ4n) is 3.00. The van der Waals surface area contributed by atoms with Gasteiger partial charge in [-0.25, -0.2) is 0 Å². The van der Waals surface area contributed by atoms with Crippen molar-refractivity contribution in [1.82, 2.24) is 14.8 Å². The summed E-state index contributed by atoms with van der Waals surface area (Å²) in [4.78, 5) is 12.0. The van der Waals surface area contributed by atoms with Crippen LogP contribution >= 0.6 is 11.8 Å². The molecule has 0 unspecified atom stereocenters. The van der Waals surface area contributed by atoms with Gasteiger partial charge in [-0.3, -0.25) is 9.36 Å². The van der Waals surface area contributed by atoms with Crippen molar-refractivity contribution in [2.45, 2.75) is 36.4 Å². The highest BCUT2D eigenvalue weighted by Crippen LogP contribution is 2.34. The Morgan fingerprint density at radius 3 is 2.89 bits per heavy atom. The average molecular weight is 385 g/mol. The third-order valence-corrected chi connectivity index (χ3v) is 5.50. The summed E-state index contributed by atoms with van der Waals surface area (Å²) in [6.45, 7) is 2.36. The van der Waals surface area contributed by atoms with Gasteiger partial charge in [0.2, 0.25) is 0 Å². The number of ether oxygens (including phenoxy) is 2. The topological polar surface area (TPSA) is 79.4 Å². The van der Waals surface area contributed by atoms with Gasteiger partial charge < -0.3 is 13.9 Å². The van der Waals surface area contributed by atoms with Gasteiger partial charge in [-0.05, 0) is 31.2 Å². The Kier molecular flexibility index (Phi) is 4.89. The van der Waals surface area contributed by atoms with E-state index in [1.54, 1.807) is 13.4 Å². The number of cyclic esters (lactones) is 1. The molecule has 0 N–H and O–H groups in total. The molecule has 3 aromatic rings. The molecule has 3 heterocycles. The molecule has 1 saturated heterocycles. The Bertz CT molecular complexity index is 938. The standard InChI is InChI=1S/C19H19N3O4S/c1-12-9-16(18(23)26-12)27-19-21-20-17(13-5-3-6-14(10-13)24-2)22(19)11-15-7-4-8-25-15/h3-8,10,12,16H,9,11H2,1-2H3/t12-,16+/m0/s1. The number of hydrogen-bond acceptors (Lipinski definition) is 7. The van der Waals surface area contributed by atoms with Crippen LogP contribution in [0.5, 0.6) is 5.75 Å². The number of rotatable bonds is 6. The maximum atomic E-state index is 12.0. The van der Waals surface area contributed by atoms with E-state index in [9.17, 15) is 4.79 Å². The van der Waals surface area contributed by atoms with Gasteiger partial charge in [-0.15, -0.1) is 10.2 Å². The molecule has 0 amide bonds. The molecule has 2 aromatic heterocycles. The van der Waals surface area contributed by atoms with E-state index >= 15 is 0 Å². The van der Waals surface area contributed by atoms with Crippen molar-refractivity contribution in [2.75, 3.05) is 7.11 Å². The minimum atomic E-state index is -0.280. The Labute approximate surface area is 160 Å². The molecule has 1 aromatic carbocycles. The third kappa shape index (κ3) is 3.71. The van der Waals surface area contributed by atoms with E-state index in [1.165, 1.54) is 11.8 Å². The van der Waals surface area contributed by atoms with E-state index in [0.717, 1.165) is 17.1 Å². The van der Waals surface area contributed by atoms with E-state index in [1.807, 2.05) is 47.9 Å².